The van der Waals surface area contributed by atoms with Crippen molar-refractivity contribution < 1.29 is 14.3 Å². The van der Waals surface area contributed by atoms with Gasteiger partial charge in [0.05, 0.1) is 0 Å². The highest BCUT2D eigenvalue weighted by atomic mass is 16.5. The number of ether oxygens (including phenoxy) is 1. The average Bonchev–Trinajstić information content (AvgIpc) is 2.48. The first-order valence-corrected chi connectivity index (χ1v) is 7.50. The van der Waals surface area contributed by atoms with Crippen molar-refractivity contribution in [3.8, 4) is 0 Å². The molecule has 0 saturated carbocycles. The first-order chi connectivity index (χ1) is 10.4. The number of hydrogen-bond donors (Lipinski definition) is 3. The van der Waals surface area contributed by atoms with Crippen molar-refractivity contribution in [2.24, 2.45) is 5.73 Å². The van der Waals surface area contributed by atoms with Gasteiger partial charge in [0, 0.05) is 30.5 Å². The maximum Gasteiger partial charge on any atom is 0.251 e. The topological polar surface area (TPSA) is 93.5 Å². The summed E-state index contributed by atoms with van der Waals surface area (Å²) in [6.45, 7) is 4.80. The van der Waals surface area contributed by atoms with Crippen LogP contribution in [-0.4, -0.2) is 36.6 Å². The number of rotatable bonds is 4. The molecule has 1 aliphatic rings. The molecule has 1 fully saturated rings. The van der Waals surface area contributed by atoms with E-state index >= 15 is 0 Å². The Morgan fingerprint density at radius 3 is 2.32 bits per heavy atom. The molecule has 6 heteroatoms. The van der Waals surface area contributed by atoms with E-state index < -0.39 is 5.54 Å². The van der Waals surface area contributed by atoms with E-state index in [0.717, 1.165) is 0 Å². The predicted molar refractivity (Wildman–Crippen MR) is 84.6 cm³/mol. The number of carbonyl (C=O) groups is 2. The molecule has 2 rings (SSSR count). The van der Waals surface area contributed by atoms with Crippen LogP contribution in [0.4, 0.5) is 5.69 Å². The lowest BCUT2D eigenvalue weighted by atomic mass is 9.90. The van der Waals surface area contributed by atoms with Gasteiger partial charge in [-0.05, 0) is 51.0 Å². The van der Waals surface area contributed by atoms with Crippen LogP contribution in [0.15, 0.2) is 24.3 Å². The highest BCUT2D eigenvalue weighted by molar-refractivity contribution is 5.99. The summed E-state index contributed by atoms with van der Waals surface area (Å²) in [4.78, 5) is 24.1. The van der Waals surface area contributed by atoms with Crippen LogP contribution in [0, 0.1) is 0 Å². The van der Waals surface area contributed by atoms with Crippen molar-refractivity contribution in [1.29, 1.82) is 0 Å². The van der Waals surface area contributed by atoms with Gasteiger partial charge in [-0.15, -0.1) is 0 Å². The Bertz CT molecular complexity index is 534. The number of anilines is 1. The fraction of sp³-hybridized carbons (Fsp3) is 0.500. The van der Waals surface area contributed by atoms with E-state index in [-0.39, 0.29) is 17.9 Å². The summed E-state index contributed by atoms with van der Waals surface area (Å²) in [5.74, 6) is -0.345. The maximum absolute atomic E-state index is 12.3. The predicted octanol–water partition coefficient (Wildman–Crippen LogP) is 1.27. The third kappa shape index (κ3) is 4.05. The second-order valence-corrected chi connectivity index (χ2v) is 5.93. The molecule has 0 radical (unpaired) electrons. The number of amides is 2. The number of nitrogens with one attached hydrogen (secondary N) is 2. The molecule has 2 amide bonds. The molecule has 0 aromatic heterocycles. The van der Waals surface area contributed by atoms with Crippen molar-refractivity contribution in [2.75, 3.05) is 18.5 Å². The number of carbonyl (C=O) groups excluding carboxylic acids is 2. The quantitative estimate of drug-likeness (QED) is 0.781. The lowest BCUT2D eigenvalue weighted by Crippen LogP contribution is -2.54. The summed E-state index contributed by atoms with van der Waals surface area (Å²) >= 11 is 0. The molecule has 0 aliphatic carbocycles. The zero-order valence-electron chi connectivity index (χ0n) is 13.0. The molecule has 1 heterocycles. The maximum atomic E-state index is 12.3. The molecule has 1 aliphatic heterocycles. The minimum atomic E-state index is -0.883. The Kier molecular flexibility index (Phi) is 5.15. The number of hydrogen-bond acceptors (Lipinski definition) is 4. The van der Waals surface area contributed by atoms with E-state index in [0.29, 0.717) is 37.3 Å². The molecule has 4 N–H and O–H groups in total. The van der Waals surface area contributed by atoms with Gasteiger partial charge in [-0.25, -0.2) is 0 Å². The van der Waals surface area contributed by atoms with Gasteiger partial charge in [0.2, 0.25) is 5.91 Å². The van der Waals surface area contributed by atoms with Crippen LogP contribution >= 0.6 is 0 Å². The summed E-state index contributed by atoms with van der Waals surface area (Å²) < 4.78 is 5.23. The van der Waals surface area contributed by atoms with Crippen molar-refractivity contribution in [1.82, 2.24) is 5.32 Å². The molecule has 22 heavy (non-hydrogen) atoms. The largest absolute Gasteiger partial charge is 0.381 e. The Balaban J connectivity index is 1.99. The van der Waals surface area contributed by atoms with Crippen molar-refractivity contribution in [3.63, 3.8) is 0 Å². The zero-order valence-corrected chi connectivity index (χ0v) is 13.0. The van der Waals surface area contributed by atoms with Crippen molar-refractivity contribution >= 4 is 17.5 Å². The van der Waals surface area contributed by atoms with E-state index in [9.17, 15) is 9.59 Å². The molecule has 1 saturated heterocycles. The monoisotopic (exact) mass is 305 g/mol. The molecule has 0 atom stereocenters. The molecule has 120 valence electrons. The second kappa shape index (κ2) is 6.89. The van der Waals surface area contributed by atoms with Gasteiger partial charge < -0.3 is 21.1 Å². The number of benzene rings is 1. The van der Waals surface area contributed by atoms with Gasteiger partial charge in [0.1, 0.15) is 5.54 Å². The van der Waals surface area contributed by atoms with E-state index in [2.05, 4.69) is 10.6 Å². The normalized spacial score (nSPS) is 17.1. The van der Waals surface area contributed by atoms with Gasteiger partial charge in [-0.2, -0.15) is 0 Å². The third-order valence-corrected chi connectivity index (χ3v) is 3.66. The fourth-order valence-corrected chi connectivity index (χ4v) is 2.27. The van der Waals surface area contributed by atoms with Gasteiger partial charge in [-0.3, -0.25) is 9.59 Å². The highest BCUT2D eigenvalue weighted by Crippen LogP contribution is 2.20. The summed E-state index contributed by atoms with van der Waals surface area (Å²) in [7, 11) is 0. The fourth-order valence-electron chi connectivity index (χ4n) is 2.27. The van der Waals surface area contributed by atoms with E-state index in [4.69, 9.17) is 10.5 Å². The van der Waals surface area contributed by atoms with E-state index in [1.165, 1.54) is 0 Å². The Labute approximate surface area is 130 Å². The minimum absolute atomic E-state index is 0.0810. The zero-order chi connectivity index (χ0) is 16.2. The molecule has 0 spiro atoms. The van der Waals surface area contributed by atoms with Crippen LogP contribution < -0.4 is 16.4 Å². The molecule has 0 unspecified atom stereocenters. The Morgan fingerprint density at radius 1 is 1.18 bits per heavy atom. The third-order valence-electron chi connectivity index (χ3n) is 3.66. The first kappa shape index (κ1) is 16.5. The van der Waals surface area contributed by atoms with Crippen LogP contribution in [0.5, 0.6) is 0 Å². The Morgan fingerprint density at radius 2 is 1.77 bits per heavy atom. The van der Waals surface area contributed by atoms with Gasteiger partial charge in [0.15, 0.2) is 0 Å². The minimum Gasteiger partial charge on any atom is -0.381 e. The second-order valence-electron chi connectivity index (χ2n) is 5.93. The van der Waals surface area contributed by atoms with Crippen LogP contribution in [-0.2, 0) is 9.53 Å². The standard InChI is InChI=1S/C16H23N3O3/c1-11(2)18-14(20)12-3-5-13(6-4-12)19-15(21)16(17)7-9-22-10-8-16/h3-6,11H,7-10,17H2,1-2H3,(H,18,20)(H,19,21). The van der Waals surface area contributed by atoms with E-state index in [1.54, 1.807) is 24.3 Å². The summed E-state index contributed by atoms with van der Waals surface area (Å²) in [5.41, 5.74) is 6.43. The SMILES string of the molecule is CC(C)NC(=O)c1ccc(NC(=O)C2(N)CCOCC2)cc1. The summed E-state index contributed by atoms with van der Waals surface area (Å²) in [5, 5.41) is 5.62. The Hall–Kier alpha value is -1.92. The van der Waals surface area contributed by atoms with Gasteiger partial charge >= 0.3 is 0 Å². The van der Waals surface area contributed by atoms with Gasteiger partial charge in [-0.1, -0.05) is 0 Å². The van der Waals surface area contributed by atoms with Crippen LogP contribution in [0.3, 0.4) is 0 Å². The first-order valence-electron chi connectivity index (χ1n) is 7.50. The molecular formula is C16H23N3O3. The molecule has 0 bridgehead atoms. The van der Waals surface area contributed by atoms with Crippen molar-refractivity contribution in [3.05, 3.63) is 29.8 Å². The molecule has 1 aromatic carbocycles. The van der Waals surface area contributed by atoms with Crippen molar-refractivity contribution in [2.45, 2.75) is 38.3 Å². The van der Waals surface area contributed by atoms with Crippen LogP contribution in [0.2, 0.25) is 0 Å². The van der Waals surface area contributed by atoms with Crippen LogP contribution in [0.1, 0.15) is 37.0 Å². The molecular weight excluding hydrogens is 282 g/mol. The smallest absolute Gasteiger partial charge is 0.251 e. The summed E-state index contributed by atoms with van der Waals surface area (Å²) in [6.07, 6.45) is 1.02. The number of nitrogens with two attached hydrogens (primary N) is 1. The van der Waals surface area contributed by atoms with Crippen LogP contribution in [0.25, 0.3) is 0 Å². The summed E-state index contributed by atoms with van der Waals surface area (Å²) in [6, 6.07) is 6.85. The lowest BCUT2D eigenvalue weighted by Gasteiger charge is -2.31. The average molecular weight is 305 g/mol. The molecule has 6 nitrogen and oxygen atoms in total. The van der Waals surface area contributed by atoms with Gasteiger partial charge in [0.25, 0.3) is 5.91 Å². The highest BCUT2D eigenvalue weighted by Gasteiger charge is 2.35. The van der Waals surface area contributed by atoms with E-state index in [1.807, 2.05) is 13.8 Å². The lowest BCUT2D eigenvalue weighted by molar-refractivity contribution is -0.124. The molecule has 1 aromatic rings.